The molecule has 3 nitrogen and oxygen atoms in total. The Kier molecular flexibility index (Phi) is 7.08. The number of hydrogen-bond donors (Lipinski definition) is 0. The predicted octanol–water partition coefficient (Wildman–Crippen LogP) is 16.3. The zero-order valence-corrected chi connectivity index (χ0v) is 39.9. The van der Waals surface area contributed by atoms with Gasteiger partial charge in [0.15, 0.2) is 0 Å². The van der Waals surface area contributed by atoms with Crippen molar-refractivity contribution in [3.8, 4) is 16.8 Å². The zero-order valence-electron chi connectivity index (χ0n) is 38.3. The first-order valence-corrected chi connectivity index (χ1v) is 25.3. The topological polar surface area (TPSA) is 21.3 Å². The molecule has 0 amide bonds. The van der Waals surface area contributed by atoms with Gasteiger partial charge in [-0.05, 0) is 129 Å². The van der Waals surface area contributed by atoms with Crippen LogP contribution in [0, 0.1) is 0 Å². The molecule has 8 aromatic carbocycles. The van der Waals surface area contributed by atoms with Crippen molar-refractivity contribution in [2.75, 3.05) is 4.81 Å². The van der Waals surface area contributed by atoms with Gasteiger partial charge in [0.1, 0.15) is 11.2 Å². The number of benzene rings is 8. The van der Waals surface area contributed by atoms with Crippen LogP contribution in [0.4, 0.5) is 11.4 Å². The summed E-state index contributed by atoms with van der Waals surface area (Å²) < 4.78 is 15.3. The number of para-hydroxylation sites is 1. The Bertz CT molecular complexity index is 4170. The number of fused-ring (bicyclic) bond motifs is 20. The van der Waals surface area contributed by atoms with Crippen LogP contribution in [-0.2, 0) is 16.2 Å². The summed E-state index contributed by atoms with van der Waals surface area (Å²) in [5.74, 6) is 0. The summed E-state index contributed by atoms with van der Waals surface area (Å²) in [4.78, 5) is 2.72. The normalized spacial score (nSPS) is 16.2. The average Bonchev–Trinajstić information content (AvgIpc) is 4.07. The molecule has 4 aromatic heterocycles. The molecule has 0 fully saturated rings. The molecule has 3 aliphatic rings. The Morgan fingerprint density at radius 1 is 0.576 bits per heavy atom. The van der Waals surface area contributed by atoms with E-state index >= 15 is 0 Å². The lowest BCUT2D eigenvalue weighted by molar-refractivity contribution is 0.332. The van der Waals surface area contributed by atoms with Gasteiger partial charge in [0.25, 0.3) is 0 Å². The molecule has 6 heterocycles. The van der Waals surface area contributed by atoms with Gasteiger partial charge in [-0.25, -0.2) is 0 Å². The van der Waals surface area contributed by atoms with Crippen molar-refractivity contribution in [3.63, 3.8) is 0 Å². The third kappa shape index (κ3) is 4.74. The van der Waals surface area contributed by atoms with Crippen LogP contribution >= 0.6 is 22.7 Å². The number of furan rings is 1. The maximum absolute atomic E-state index is 7.34. The predicted molar refractivity (Wildman–Crippen MR) is 287 cm³/mol. The second kappa shape index (κ2) is 12.4. The molecule has 0 saturated carbocycles. The molecule has 2 aliphatic heterocycles. The van der Waals surface area contributed by atoms with Gasteiger partial charge in [-0.1, -0.05) is 115 Å². The third-order valence-electron chi connectivity index (χ3n) is 16.2. The summed E-state index contributed by atoms with van der Waals surface area (Å²) in [6.45, 7) is 16.7. The maximum atomic E-state index is 7.34. The van der Waals surface area contributed by atoms with Crippen LogP contribution in [0.25, 0.3) is 101 Å². The van der Waals surface area contributed by atoms with Crippen LogP contribution in [0.15, 0.2) is 138 Å². The van der Waals surface area contributed by atoms with Crippen LogP contribution in [-0.4, -0.2) is 11.4 Å². The van der Waals surface area contributed by atoms with E-state index in [9.17, 15) is 0 Å². The zero-order chi connectivity index (χ0) is 44.3. The SMILES string of the molecule is CC(C)(C)c1ccc(N2B3c4cc5sc6ccccc6c5cc4-n4c5cc6c(cc5c5c7oc8ccccc8c7c(c3c54)-c3cc4c(cc32)sc2ccccc24)C(C)(C)CCC6(C)C)cc1. The molecule has 0 saturated heterocycles. The lowest BCUT2D eigenvalue weighted by Gasteiger charge is -2.42. The van der Waals surface area contributed by atoms with Gasteiger partial charge in [0.05, 0.1) is 16.4 Å². The molecule has 0 spiro atoms. The number of aromatic nitrogens is 1. The molecule has 0 N–H and O–H groups in total. The summed E-state index contributed by atoms with van der Waals surface area (Å²) >= 11 is 3.83. The Labute approximate surface area is 392 Å². The first kappa shape index (κ1) is 37.8. The van der Waals surface area contributed by atoms with Crippen LogP contribution in [0.5, 0.6) is 0 Å². The second-order valence-corrected chi connectivity index (χ2v) is 24.0. The van der Waals surface area contributed by atoms with Crippen molar-refractivity contribution < 1.29 is 4.42 Å². The highest BCUT2D eigenvalue weighted by molar-refractivity contribution is 7.26. The molecule has 0 bridgehead atoms. The van der Waals surface area contributed by atoms with Crippen molar-refractivity contribution in [2.45, 2.75) is 77.6 Å². The van der Waals surface area contributed by atoms with Crippen molar-refractivity contribution in [2.24, 2.45) is 0 Å². The fourth-order valence-electron chi connectivity index (χ4n) is 12.7. The Morgan fingerprint density at radius 3 is 1.89 bits per heavy atom. The van der Waals surface area contributed by atoms with E-state index in [1.165, 1.54) is 129 Å². The molecule has 0 radical (unpaired) electrons. The van der Waals surface area contributed by atoms with Gasteiger partial charge in [-0.3, -0.25) is 0 Å². The number of hydrogen-bond acceptors (Lipinski definition) is 4. The van der Waals surface area contributed by atoms with E-state index in [0.29, 0.717) is 0 Å². The van der Waals surface area contributed by atoms with Crippen LogP contribution in [0.3, 0.4) is 0 Å². The second-order valence-electron chi connectivity index (χ2n) is 21.9. The quantitative estimate of drug-likeness (QED) is 0.153. The van der Waals surface area contributed by atoms with E-state index < -0.39 is 0 Å². The molecular formula is C60H47BN2OS2. The third-order valence-corrected chi connectivity index (χ3v) is 18.4. The van der Waals surface area contributed by atoms with Crippen molar-refractivity contribution in [1.82, 2.24) is 4.57 Å². The highest BCUT2D eigenvalue weighted by Crippen LogP contribution is 2.55. The van der Waals surface area contributed by atoms with Crippen molar-refractivity contribution in [3.05, 3.63) is 150 Å². The first-order valence-electron chi connectivity index (χ1n) is 23.7. The standard InChI is InChI=1S/C60H47BN2OS2/c1-58(2,3)32-20-22-33(23-21-32)63-45-31-51-37(34-14-9-12-18-48(34)66-51)26-39(45)52-53-36-16-8-11-17-47(36)64-57(53)54-40-27-41-42(60(6,7)25-24-59(41,4)5)29-44(40)62-46-28-38-35-15-10-13-19-49(35)65-50(38)30-43(46)61(63)55(52)56(54)62/h8-23,26-31H,24-25H2,1-7H3. The van der Waals surface area contributed by atoms with Crippen LogP contribution in [0.2, 0.25) is 0 Å². The number of nitrogens with zero attached hydrogens (tertiary/aromatic N) is 2. The number of anilines is 2. The summed E-state index contributed by atoms with van der Waals surface area (Å²) in [5.41, 5.74) is 17.9. The van der Waals surface area contributed by atoms with Crippen molar-refractivity contribution >= 4 is 136 Å². The fourth-order valence-corrected chi connectivity index (χ4v) is 14.9. The smallest absolute Gasteiger partial charge is 0.333 e. The van der Waals surface area contributed by atoms with Crippen LogP contribution in [0.1, 0.15) is 78.0 Å². The fraction of sp³-hybridized carbons (Fsp3) is 0.200. The average molecular weight is 887 g/mol. The Hall–Kier alpha value is -6.34. The molecule has 12 aromatic rings. The van der Waals surface area contributed by atoms with E-state index in [2.05, 4.69) is 191 Å². The van der Waals surface area contributed by atoms with E-state index in [4.69, 9.17) is 4.42 Å². The molecule has 318 valence electrons. The molecule has 0 unspecified atom stereocenters. The van der Waals surface area contributed by atoms with Gasteiger partial charge in [-0.15, -0.1) is 22.7 Å². The van der Waals surface area contributed by atoms with Crippen molar-refractivity contribution in [1.29, 1.82) is 0 Å². The highest BCUT2D eigenvalue weighted by Gasteiger charge is 2.47. The minimum Gasteiger partial charge on any atom is -0.455 e. The first-order chi connectivity index (χ1) is 31.8. The summed E-state index contributed by atoms with van der Waals surface area (Å²) in [6.07, 6.45) is 2.32. The molecular weight excluding hydrogens is 840 g/mol. The van der Waals surface area contributed by atoms with Crippen LogP contribution < -0.4 is 15.7 Å². The summed E-state index contributed by atoms with van der Waals surface area (Å²) in [5, 5.41) is 10.2. The Morgan fingerprint density at radius 2 is 1.20 bits per heavy atom. The number of rotatable bonds is 1. The lowest BCUT2D eigenvalue weighted by atomic mass is 9.43. The molecule has 6 heteroatoms. The number of thiophene rings is 2. The van der Waals surface area contributed by atoms with Gasteiger partial charge in [0, 0.05) is 79.1 Å². The van der Waals surface area contributed by atoms with Gasteiger partial charge in [0.2, 0.25) is 0 Å². The largest absolute Gasteiger partial charge is 0.455 e. The maximum Gasteiger partial charge on any atom is 0.333 e. The van der Waals surface area contributed by atoms with E-state index in [1.54, 1.807) is 0 Å². The van der Waals surface area contributed by atoms with Gasteiger partial charge >= 0.3 is 6.85 Å². The van der Waals surface area contributed by atoms with E-state index in [1.807, 2.05) is 22.7 Å². The summed E-state index contributed by atoms with van der Waals surface area (Å²) in [7, 11) is 0. The Balaban J connectivity index is 1.21. The highest BCUT2D eigenvalue weighted by atomic mass is 32.1. The molecule has 15 rings (SSSR count). The van der Waals surface area contributed by atoms with E-state index in [-0.39, 0.29) is 23.1 Å². The molecule has 66 heavy (non-hydrogen) atoms. The minimum absolute atomic E-state index is 0.0295. The lowest BCUT2D eigenvalue weighted by Crippen LogP contribution is -2.60. The summed E-state index contributed by atoms with van der Waals surface area (Å²) in [6, 6.07) is 51.7. The van der Waals surface area contributed by atoms with Gasteiger partial charge < -0.3 is 13.8 Å². The molecule has 1 aliphatic carbocycles. The van der Waals surface area contributed by atoms with Gasteiger partial charge in [-0.2, -0.15) is 0 Å². The monoisotopic (exact) mass is 886 g/mol. The molecule has 0 atom stereocenters. The van der Waals surface area contributed by atoms with E-state index in [0.717, 1.165) is 24.0 Å². The minimum atomic E-state index is -0.121.